The third-order valence-corrected chi connectivity index (χ3v) is 4.36. The zero-order valence-corrected chi connectivity index (χ0v) is 13.4. The van der Waals surface area contributed by atoms with Crippen LogP contribution in [-0.4, -0.2) is 40.4 Å². The quantitative estimate of drug-likeness (QED) is 0.822. The van der Waals surface area contributed by atoms with E-state index in [1.165, 1.54) is 0 Å². The van der Waals surface area contributed by atoms with Crippen molar-refractivity contribution in [2.75, 3.05) is 6.54 Å². The predicted molar refractivity (Wildman–Crippen MR) is 85.6 cm³/mol. The number of benzene rings is 1. The van der Waals surface area contributed by atoms with Crippen LogP contribution >= 0.6 is 0 Å². The van der Waals surface area contributed by atoms with Gasteiger partial charge in [-0.25, -0.2) is 0 Å². The van der Waals surface area contributed by atoms with Gasteiger partial charge in [0.25, 0.3) is 0 Å². The molecule has 0 spiro atoms. The summed E-state index contributed by atoms with van der Waals surface area (Å²) in [5.74, 6) is 0.102. The van der Waals surface area contributed by atoms with Gasteiger partial charge in [0.2, 0.25) is 5.91 Å². The number of hydrogen-bond donors (Lipinski definition) is 1. The minimum Gasteiger partial charge on any atom is -0.391 e. The van der Waals surface area contributed by atoms with Crippen molar-refractivity contribution in [3.63, 3.8) is 0 Å². The van der Waals surface area contributed by atoms with Crippen LogP contribution < -0.4 is 0 Å². The van der Waals surface area contributed by atoms with Crippen LogP contribution in [0.3, 0.4) is 0 Å². The monoisotopic (exact) mass is 303 g/mol. The molecule has 0 bridgehead atoms. The normalized spacial score (nSPS) is 19.5. The summed E-state index contributed by atoms with van der Waals surface area (Å²) in [4.78, 5) is 26.2. The van der Waals surface area contributed by atoms with Gasteiger partial charge in [-0.1, -0.05) is 44.2 Å². The Bertz CT molecular complexity index is 512. The Kier molecular flexibility index (Phi) is 5.72. The fourth-order valence-electron chi connectivity index (χ4n) is 3.03. The third-order valence-electron chi connectivity index (χ3n) is 4.36. The van der Waals surface area contributed by atoms with Gasteiger partial charge in [0, 0.05) is 24.9 Å². The lowest BCUT2D eigenvalue weighted by molar-refractivity contribution is -0.134. The molecule has 0 radical (unpaired) electrons. The first-order valence-electron chi connectivity index (χ1n) is 8.06. The number of Topliss-reactive ketones (excluding diaryl/α,β-unsaturated/α-hetero) is 1. The molecule has 1 saturated heterocycles. The smallest absolute Gasteiger partial charge is 0.223 e. The first kappa shape index (κ1) is 16.7. The molecular weight excluding hydrogens is 278 g/mol. The van der Waals surface area contributed by atoms with Gasteiger partial charge in [0.05, 0.1) is 12.1 Å². The van der Waals surface area contributed by atoms with Gasteiger partial charge in [-0.2, -0.15) is 0 Å². The molecule has 1 N–H and O–H groups in total. The lowest BCUT2D eigenvalue weighted by Crippen LogP contribution is -2.44. The molecule has 2 atom stereocenters. The predicted octanol–water partition coefficient (Wildman–Crippen LogP) is 2.66. The summed E-state index contributed by atoms with van der Waals surface area (Å²) in [6.45, 7) is 4.61. The van der Waals surface area contributed by atoms with Crippen LogP contribution in [0, 0.1) is 5.92 Å². The molecule has 22 heavy (non-hydrogen) atoms. The Morgan fingerprint density at radius 2 is 1.91 bits per heavy atom. The van der Waals surface area contributed by atoms with Gasteiger partial charge in [-0.3, -0.25) is 9.59 Å². The maximum absolute atomic E-state index is 12.4. The summed E-state index contributed by atoms with van der Waals surface area (Å²) in [5.41, 5.74) is 0.649. The summed E-state index contributed by atoms with van der Waals surface area (Å²) in [6, 6.07) is 8.96. The van der Waals surface area contributed by atoms with E-state index in [9.17, 15) is 14.7 Å². The minimum absolute atomic E-state index is 0.00546. The van der Waals surface area contributed by atoms with Crippen LogP contribution in [0.5, 0.6) is 0 Å². The second kappa shape index (κ2) is 7.54. The van der Waals surface area contributed by atoms with E-state index in [1.54, 1.807) is 17.0 Å². The molecule has 0 aliphatic carbocycles. The highest BCUT2D eigenvalue weighted by Crippen LogP contribution is 2.25. The van der Waals surface area contributed by atoms with Crippen LogP contribution in [0.25, 0.3) is 0 Å². The van der Waals surface area contributed by atoms with Crippen molar-refractivity contribution in [1.29, 1.82) is 0 Å². The Morgan fingerprint density at radius 1 is 1.23 bits per heavy atom. The molecule has 4 nitrogen and oxygen atoms in total. The molecule has 1 amide bonds. The molecule has 2 rings (SSSR count). The number of rotatable bonds is 6. The topological polar surface area (TPSA) is 57.6 Å². The molecule has 120 valence electrons. The van der Waals surface area contributed by atoms with E-state index in [-0.39, 0.29) is 36.5 Å². The van der Waals surface area contributed by atoms with Crippen LogP contribution in [0.15, 0.2) is 30.3 Å². The maximum atomic E-state index is 12.4. The van der Waals surface area contributed by atoms with Gasteiger partial charge >= 0.3 is 0 Å². The number of nitrogens with zero attached hydrogens (tertiary/aromatic N) is 1. The Labute approximate surface area is 132 Å². The molecular formula is C18H25NO3. The number of hydrogen-bond acceptors (Lipinski definition) is 3. The molecule has 1 fully saturated rings. The molecule has 1 unspecified atom stereocenters. The zero-order chi connectivity index (χ0) is 16.1. The van der Waals surface area contributed by atoms with E-state index >= 15 is 0 Å². The number of ketones is 1. The Morgan fingerprint density at radius 3 is 2.55 bits per heavy atom. The highest BCUT2D eigenvalue weighted by atomic mass is 16.3. The molecule has 1 aliphatic heterocycles. The maximum Gasteiger partial charge on any atom is 0.223 e. The van der Waals surface area contributed by atoms with Crippen molar-refractivity contribution in [2.45, 2.75) is 51.7 Å². The number of carbonyl (C=O) groups excluding carboxylic acids is 2. The van der Waals surface area contributed by atoms with Gasteiger partial charge in [0.1, 0.15) is 0 Å². The van der Waals surface area contributed by atoms with E-state index in [2.05, 4.69) is 0 Å². The van der Waals surface area contributed by atoms with E-state index in [0.717, 1.165) is 12.8 Å². The average Bonchev–Trinajstić information content (AvgIpc) is 3.01. The Balaban J connectivity index is 1.90. The highest BCUT2D eigenvalue weighted by molar-refractivity contribution is 5.97. The number of aliphatic hydroxyl groups excluding tert-OH is 1. The first-order chi connectivity index (χ1) is 10.5. The molecule has 1 aromatic carbocycles. The molecule has 0 saturated carbocycles. The Hall–Kier alpha value is -1.68. The number of aliphatic hydroxyl groups is 1. The molecule has 1 heterocycles. The standard InChI is InChI=1S/C18H25NO3/c1-13(2)18(22)15-9-6-12-19(15)17(21)11-10-16(20)14-7-4-3-5-8-14/h3-5,7-8,13,15,18,22H,6,9-12H2,1-2H3/t15?,18-/m0/s1. The number of carbonyl (C=O) groups is 2. The summed E-state index contributed by atoms with van der Waals surface area (Å²) in [7, 11) is 0. The van der Waals surface area contributed by atoms with Crippen molar-refractivity contribution < 1.29 is 14.7 Å². The van der Waals surface area contributed by atoms with Crippen LogP contribution in [0.2, 0.25) is 0 Å². The number of likely N-dealkylation sites (tertiary alicyclic amines) is 1. The fourth-order valence-corrected chi connectivity index (χ4v) is 3.03. The van der Waals surface area contributed by atoms with Gasteiger partial charge in [0.15, 0.2) is 5.78 Å². The second-order valence-electron chi connectivity index (χ2n) is 6.32. The second-order valence-corrected chi connectivity index (χ2v) is 6.32. The van der Waals surface area contributed by atoms with Crippen molar-refractivity contribution in [1.82, 2.24) is 4.90 Å². The lowest BCUT2D eigenvalue weighted by Gasteiger charge is -2.30. The van der Waals surface area contributed by atoms with Crippen LogP contribution in [0.4, 0.5) is 0 Å². The summed E-state index contributed by atoms with van der Waals surface area (Å²) in [6.07, 6.45) is 1.72. The fraction of sp³-hybridized carbons (Fsp3) is 0.556. The first-order valence-corrected chi connectivity index (χ1v) is 8.06. The SMILES string of the molecule is CC(C)[C@H](O)C1CCCN1C(=O)CCC(=O)c1ccccc1. The average molecular weight is 303 g/mol. The van der Waals surface area contributed by atoms with E-state index in [4.69, 9.17) is 0 Å². The zero-order valence-electron chi connectivity index (χ0n) is 13.4. The molecule has 1 aromatic rings. The van der Waals surface area contributed by atoms with Gasteiger partial charge in [-0.15, -0.1) is 0 Å². The molecule has 4 heteroatoms. The van der Waals surface area contributed by atoms with Gasteiger partial charge < -0.3 is 10.0 Å². The van der Waals surface area contributed by atoms with Crippen molar-refractivity contribution in [3.05, 3.63) is 35.9 Å². The van der Waals surface area contributed by atoms with E-state index in [0.29, 0.717) is 12.1 Å². The minimum atomic E-state index is -0.490. The molecule has 1 aliphatic rings. The summed E-state index contributed by atoms with van der Waals surface area (Å²) >= 11 is 0. The van der Waals surface area contributed by atoms with Crippen molar-refractivity contribution in [3.8, 4) is 0 Å². The summed E-state index contributed by atoms with van der Waals surface area (Å²) < 4.78 is 0. The lowest BCUT2D eigenvalue weighted by atomic mass is 9.97. The van der Waals surface area contributed by atoms with Gasteiger partial charge in [-0.05, 0) is 18.8 Å². The van der Waals surface area contributed by atoms with E-state index < -0.39 is 6.10 Å². The summed E-state index contributed by atoms with van der Waals surface area (Å²) in [5, 5.41) is 10.2. The highest BCUT2D eigenvalue weighted by Gasteiger charge is 2.34. The largest absolute Gasteiger partial charge is 0.391 e. The third kappa shape index (κ3) is 3.95. The van der Waals surface area contributed by atoms with Crippen LogP contribution in [0.1, 0.15) is 49.9 Å². The van der Waals surface area contributed by atoms with Crippen molar-refractivity contribution >= 4 is 11.7 Å². The van der Waals surface area contributed by atoms with Crippen LogP contribution in [-0.2, 0) is 4.79 Å². The van der Waals surface area contributed by atoms with E-state index in [1.807, 2.05) is 32.0 Å². The molecule has 0 aromatic heterocycles. The number of amides is 1. The van der Waals surface area contributed by atoms with Crippen molar-refractivity contribution in [2.24, 2.45) is 5.92 Å².